The van der Waals surface area contributed by atoms with Gasteiger partial charge in [-0.2, -0.15) is 0 Å². The maximum absolute atomic E-state index is 12.4. The fraction of sp³-hybridized carbons (Fsp3) is 0.611. The minimum absolute atomic E-state index is 0.191. The summed E-state index contributed by atoms with van der Waals surface area (Å²) in [5.41, 5.74) is 0.658. The molecule has 1 amide bonds. The van der Waals surface area contributed by atoms with E-state index in [0.717, 1.165) is 38.0 Å². The van der Waals surface area contributed by atoms with E-state index in [0.29, 0.717) is 0 Å². The molecule has 0 spiro atoms. The van der Waals surface area contributed by atoms with Crippen LogP contribution in [-0.2, 0) is 4.74 Å². The highest BCUT2D eigenvalue weighted by atomic mass is 32.2. The summed E-state index contributed by atoms with van der Waals surface area (Å²) in [5, 5.41) is 3.47. The molecular weight excluding hydrogens is 308 g/mol. The number of hydrogen-bond donors (Lipinski definition) is 1. The molecule has 2 rings (SSSR count). The van der Waals surface area contributed by atoms with Crippen LogP contribution in [-0.4, -0.2) is 42.0 Å². The lowest BCUT2D eigenvalue weighted by molar-refractivity contribution is 0.0114. The van der Waals surface area contributed by atoms with Crippen molar-refractivity contribution in [3.8, 4) is 0 Å². The molecule has 1 aliphatic rings. The molecule has 1 atom stereocenters. The third kappa shape index (κ3) is 5.65. The number of piperidine rings is 1. The van der Waals surface area contributed by atoms with E-state index in [9.17, 15) is 4.79 Å². The van der Waals surface area contributed by atoms with Crippen molar-refractivity contribution in [1.29, 1.82) is 0 Å². The van der Waals surface area contributed by atoms with E-state index in [1.807, 2.05) is 25.7 Å². The minimum Gasteiger partial charge on any atom is -0.444 e. The standard InChI is InChI=1S/C18H28N2O2S/c1-18(2,3)22-17(21)20-11-6-5-9-15(20)13-19-14-8-7-10-16(12-14)23-4/h7-8,10,12,15,19H,5-6,9,11,13H2,1-4H3. The van der Waals surface area contributed by atoms with Crippen LogP contribution in [0.3, 0.4) is 0 Å². The Kier molecular flexibility index (Phi) is 6.22. The summed E-state index contributed by atoms with van der Waals surface area (Å²) in [5.74, 6) is 0. The third-order valence-electron chi connectivity index (χ3n) is 3.87. The van der Waals surface area contributed by atoms with E-state index in [2.05, 4.69) is 35.8 Å². The Hall–Kier alpha value is -1.36. The van der Waals surface area contributed by atoms with Crippen LogP contribution in [0.5, 0.6) is 0 Å². The summed E-state index contributed by atoms with van der Waals surface area (Å²) >= 11 is 1.73. The van der Waals surface area contributed by atoms with E-state index >= 15 is 0 Å². The number of benzene rings is 1. The highest BCUT2D eigenvalue weighted by Crippen LogP contribution is 2.22. The minimum atomic E-state index is -0.445. The molecule has 0 aliphatic carbocycles. The van der Waals surface area contributed by atoms with Crippen LogP contribution in [0.15, 0.2) is 29.2 Å². The maximum Gasteiger partial charge on any atom is 0.410 e. The van der Waals surface area contributed by atoms with E-state index in [1.165, 1.54) is 4.90 Å². The van der Waals surface area contributed by atoms with Crippen molar-refractivity contribution in [2.24, 2.45) is 0 Å². The number of ether oxygens (including phenoxy) is 1. The molecule has 23 heavy (non-hydrogen) atoms. The quantitative estimate of drug-likeness (QED) is 0.815. The van der Waals surface area contributed by atoms with Crippen molar-refractivity contribution in [1.82, 2.24) is 4.90 Å². The van der Waals surface area contributed by atoms with Gasteiger partial charge in [0.15, 0.2) is 0 Å². The summed E-state index contributed by atoms with van der Waals surface area (Å²) in [7, 11) is 0. The van der Waals surface area contributed by atoms with Gasteiger partial charge in [0.05, 0.1) is 6.04 Å². The molecule has 1 saturated heterocycles. The van der Waals surface area contributed by atoms with Crippen molar-refractivity contribution in [3.05, 3.63) is 24.3 Å². The second-order valence-electron chi connectivity index (χ2n) is 6.94. The Balaban J connectivity index is 1.96. The van der Waals surface area contributed by atoms with E-state index in [1.54, 1.807) is 11.8 Å². The second kappa shape index (κ2) is 7.95. The summed E-state index contributed by atoms with van der Waals surface area (Å²) in [6.07, 6.45) is 5.12. The normalized spacial score (nSPS) is 18.6. The Morgan fingerprint density at radius 3 is 2.87 bits per heavy atom. The molecular formula is C18H28N2O2S. The molecule has 128 valence electrons. The van der Waals surface area contributed by atoms with Gasteiger partial charge in [-0.3, -0.25) is 0 Å². The van der Waals surface area contributed by atoms with Crippen molar-refractivity contribution in [2.45, 2.75) is 56.6 Å². The highest BCUT2D eigenvalue weighted by Gasteiger charge is 2.30. The van der Waals surface area contributed by atoms with Gasteiger partial charge in [-0.1, -0.05) is 6.07 Å². The summed E-state index contributed by atoms with van der Waals surface area (Å²) in [6.45, 7) is 7.28. The number of rotatable bonds is 4. The number of hydrogen-bond acceptors (Lipinski definition) is 4. The number of carbonyl (C=O) groups excluding carboxylic acids is 1. The average molecular weight is 337 g/mol. The predicted molar refractivity (Wildman–Crippen MR) is 97.3 cm³/mol. The van der Waals surface area contributed by atoms with Crippen LogP contribution < -0.4 is 5.32 Å². The predicted octanol–water partition coefficient (Wildman–Crippen LogP) is 4.61. The number of thioether (sulfide) groups is 1. The summed E-state index contributed by atoms with van der Waals surface area (Å²) < 4.78 is 5.55. The molecule has 1 aliphatic heterocycles. The molecule has 0 radical (unpaired) electrons. The van der Waals surface area contributed by atoms with Gasteiger partial charge in [-0.15, -0.1) is 11.8 Å². The van der Waals surface area contributed by atoms with E-state index in [-0.39, 0.29) is 12.1 Å². The first kappa shape index (κ1) is 18.0. The van der Waals surface area contributed by atoms with Crippen LogP contribution >= 0.6 is 11.8 Å². The van der Waals surface area contributed by atoms with Crippen molar-refractivity contribution >= 4 is 23.5 Å². The van der Waals surface area contributed by atoms with Crippen LogP contribution in [0.4, 0.5) is 10.5 Å². The number of likely N-dealkylation sites (tertiary alicyclic amines) is 1. The first-order valence-corrected chi connectivity index (χ1v) is 9.49. The molecule has 1 N–H and O–H groups in total. The third-order valence-corrected chi connectivity index (χ3v) is 4.59. The van der Waals surface area contributed by atoms with Crippen LogP contribution in [0.25, 0.3) is 0 Å². The summed E-state index contributed by atoms with van der Waals surface area (Å²) in [4.78, 5) is 15.5. The second-order valence-corrected chi connectivity index (χ2v) is 7.82. The number of anilines is 1. The number of amides is 1. The van der Waals surface area contributed by atoms with E-state index in [4.69, 9.17) is 4.74 Å². The van der Waals surface area contributed by atoms with Crippen LogP contribution in [0.2, 0.25) is 0 Å². The first-order chi connectivity index (χ1) is 10.9. The van der Waals surface area contributed by atoms with Crippen LogP contribution in [0, 0.1) is 0 Å². The Morgan fingerprint density at radius 1 is 1.39 bits per heavy atom. The van der Waals surface area contributed by atoms with Gasteiger partial charge >= 0.3 is 6.09 Å². The Morgan fingerprint density at radius 2 is 2.17 bits per heavy atom. The number of nitrogens with zero attached hydrogens (tertiary/aromatic N) is 1. The summed E-state index contributed by atoms with van der Waals surface area (Å²) in [6, 6.07) is 8.56. The molecule has 1 heterocycles. The van der Waals surface area contributed by atoms with Gasteiger partial charge in [0, 0.05) is 23.7 Å². The highest BCUT2D eigenvalue weighted by molar-refractivity contribution is 7.98. The topological polar surface area (TPSA) is 41.6 Å². The lowest BCUT2D eigenvalue weighted by Crippen LogP contribution is -2.48. The molecule has 5 heteroatoms. The van der Waals surface area contributed by atoms with Crippen molar-refractivity contribution in [3.63, 3.8) is 0 Å². The Labute approximate surface area is 144 Å². The molecule has 1 aromatic rings. The molecule has 0 aromatic heterocycles. The van der Waals surface area contributed by atoms with Gasteiger partial charge in [0.25, 0.3) is 0 Å². The number of nitrogens with one attached hydrogen (secondary N) is 1. The largest absolute Gasteiger partial charge is 0.444 e. The zero-order valence-electron chi connectivity index (χ0n) is 14.6. The molecule has 1 fully saturated rings. The molecule has 0 saturated carbocycles. The lowest BCUT2D eigenvalue weighted by Gasteiger charge is -2.37. The molecule has 1 aromatic carbocycles. The lowest BCUT2D eigenvalue weighted by atomic mass is 10.0. The van der Waals surface area contributed by atoms with Gasteiger partial charge in [0.1, 0.15) is 5.60 Å². The smallest absolute Gasteiger partial charge is 0.410 e. The first-order valence-electron chi connectivity index (χ1n) is 8.26. The molecule has 0 bridgehead atoms. The Bertz CT molecular complexity index is 528. The van der Waals surface area contributed by atoms with Gasteiger partial charge < -0.3 is 15.0 Å². The maximum atomic E-state index is 12.4. The number of carbonyl (C=O) groups is 1. The zero-order chi connectivity index (χ0) is 16.9. The fourth-order valence-corrected chi connectivity index (χ4v) is 3.20. The monoisotopic (exact) mass is 336 g/mol. The fourth-order valence-electron chi connectivity index (χ4n) is 2.74. The van der Waals surface area contributed by atoms with E-state index < -0.39 is 5.60 Å². The SMILES string of the molecule is CSc1cccc(NCC2CCCCN2C(=O)OC(C)(C)C)c1. The van der Waals surface area contributed by atoms with Crippen molar-refractivity contribution in [2.75, 3.05) is 24.7 Å². The van der Waals surface area contributed by atoms with Gasteiger partial charge in [0.2, 0.25) is 0 Å². The molecule has 4 nitrogen and oxygen atoms in total. The zero-order valence-corrected chi connectivity index (χ0v) is 15.4. The average Bonchev–Trinajstić information content (AvgIpc) is 2.52. The van der Waals surface area contributed by atoms with Crippen LogP contribution in [0.1, 0.15) is 40.0 Å². The van der Waals surface area contributed by atoms with Gasteiger partial charge in [-0.05, 0) is 64.5 Å². The van der Waals surface area contributed by atoms with Gasteiger partial charge in [-0.25, -0.2) is 4.79 Å². The van der Waals surface area contributed by atoms with Crippen molar-refractivity contribution < 1.29 is 9.53 Å². The molecule has 1 unspecified atom stereocenters.